The molecule has 0 atom stereocenters. The van der Waals surface area contributed by atoms with E-state index in [0.29, 0.717) is 9.79 Å². The second-order valence-corrected chi connectivity index (χ2v) is 7.14. The van der Waals surface area contributed by atoms with E-state index in [-0.39, 0.29) is 0 Å². The highest BCUT2D eigenvalue weighted by molar-refractivity contribution is 7.91. The SMILES string of the molecule is O=S(=O)(c1ccccc1)c1ccc2[nH]c3ccccc3c2c1. The van der Waals surface area contributed by atoms with Crippen molar-refractivity contribution in [2.45, 2.75) is 9.79 Å². The first kappa shape index (κ1) is 13.1. The molecule has 0 aliphatic rings. The number of rotatable bonds is 2. The number of nitrogens with one attached hydrogen (secondary N) is 1. The second-order valence-electron chi connectivity index (χ2n) is 5.19. The molecule has 3 aromatic carbocycles. The lowest BCUT2D eigenvalue weighted by Gasteiger charge is -2.04. The zero-order valence-corrected chi connectivity index (χ0v) is 12.5. The lowest BCUT2D eigenvalue weighted by Crippen LogP contribution is -2.01. The lowest BCUT2D eigenvalue weighted by molar-refractivity contribution is 0.596. The topological polar surface area (TPSA) is 49.9 Å². The smallest absolute Gasteiger partial charge is 0.206 e. The van der Waals surface area contributed by atoms with Gasteiger partial charge in [0.25, 0.3) is 0 Å². The molecule has 1 aromatic heterocycles. The molecule has 108 valence electrons. The van der Waals surface area contributed by atoms with Crippen LogP contribution in [0.1, 0.15) is 0 Å². The number of fused-ring (bicyclic) bond motifs is 3. The number of H-pyrrole nitrogens is 1. The fraction of sp³-hybridized carbons (Fsp3) is 0. The van der Waals surface area contributed by atoms with Crippen LogP contribution in [0, 0.1) is 0 Å². The third kappa shape index (κ3) is 1.92. The Hall–Kier alpha value is -2.59. The molecule has 0 fully saturated rings. The van der Waals surface area contributed by atoms with Crippen LogP contribution in [0.25, 0.3) is 21.8 Å². The maximum absolute atomic E-state index is 12.7. The monoisotopic (exact) mass is 307 g/mol. The number of benzene rings is 3. The quantitative estimate of drug-likeness (QED) is 0.604. The summed E-state index contributed by atoms with van der Waals surface area (Å²) in [6.45, 7) is 0. The summed E-state index contributed by atoms with van der Waals surface area (Å²) >= 11 is 0. The fourth-order valence-electron chi connectivity index (χ4n) is 2.73. The minimum Gasteiger partial charge on any atom is -0.355 e. The van der Waals surface area contributed by atoms with Crippen LogP contribution >= 0.6 is 0 Å². The van der Waals surface area contributed by atoms with Crippen molar-refractivity contribution in [3.63, 3.8) is 0 Å². The summed E-state index contributed by atoms with van der Waals surface area (Å²) < 4.78 is 25.5. The molecule has 1 N–H and O–H groups in total. The van der Waals surface area contributed by atoms with Gasteiger partial charge in [-0.05, 0) is 36.4 Å². The zero-order chi connectivity index (χ0) is 15.2. The van der Waals surface area contributed by atoms with Gasteiger partial charge in [0.05, 0.1) is 9.79 Å². The molecule has 0 saturated heterocycles. The van der Waals surface area contributed by atoms with E-state index >= 15 is 0 Å². The van der Waals surface area contributed by atoms with Crippen LogP contribution in [0.4, 0.5) is 0 Å². The van der Waals surface area contributed by atoms with Crippen LogP contribution in [0.2, 0.25) is 0 Å². The normalized spacial score (nSPS) is 12.0. The molecule has 0 aliphatic carbocycles. The highest BCUT2D eigenvalue weighted by atomic mass is 32.2. The summed E-state index contributed by atoms with van der Waals surface area (Å²) in [4.78, 5) is 3.93. The molecule has 4 aromatic rings. The molecule has 0 spiro atoms. The van der Waals surface area contributed by atoms with Crippen LogP contribution in [0.15, 0.2) is 82.6 Å². The van der Waals surface area contributed by atoms with E-state index in [0.717, 1.165) is 21.8 Å². The molecular weight excluding hydrogens is 294 g/mol. The summed E-state index contributed by atoms with van der Waals surface area (Å²) in [5.74, 6) is 0. The van der Waals surface area contributed by atoms with E-state index in [1.807, 2.05) is 36.4 Å². The molecule has 3 nitrogen and oxygen atoms in total. The van der Waals surface area contributed by atoms with Gasteiger partial charge >= 0.3 is 0 Å². The first-order valence-electron chi connectivity index (χ1n) is 6.97. The van der Waals surface area contributed by atoms with Crippen molar-refractivity contribution in [2.75, 3.05) is 0 Å². The molecule has 0 radical (unpaired) electrons. The molecule has 0 saturated carbocycles. The Morgan fingerprint density at radius 1 is 0.636 bits per heavy atom. The van der Waals surface area contributed by atoms with E-state index in [1.54, 1.807) is 36.4 Å². The Bertz CT molecular complexity index is 1080. The van der Waals surface area contributed by atoms with Gasteiger partial charge in [-0.2, -0.15) is 0 Å². The maximum Gasteiger partial charge on any atom is 0.206 e. The lowest BCUT2D eigenvalue weighted by atomic mass is 10.1. The second kappa shape index (κ2) is 4.71. The van der Waals surface area contributed by atoms with Gasteiger partial charge in [0, 0.05) is 21.8 Å². The van der Waals surface area contributed by atoms with Gasteiger partial charge in [-0.3, -0.25) is 0 Å². The first-order valence-corrected chi connectivity index (χ1v) is 8.45. The summed E-state index contributed by atoms with van der Waals surface area (Å²) in [5.41, 5.74) is 1.94. The predicted octanol–water partition coefficient (Wildman–Crippen LogP) is 4.15. The molecule has 4 heteroatoms. The van der Waals surface area contributed by atoms with Gasteiger partial charge in [0.15, 0.2) is 0 Å². The number of sulfone groups is 1. The largest absolute Gasteiger partial charge is 0.355 e. The van der Waals surface area contributed by atoms with E-state index in [1.165, 1.54) is 0 Å². The number of para-hydroxylation sites is 1. The average molecular weight is 307 g/mol. The van der Waals surface area contributed by atoms with E-state index in [9.17, 15) is 8.42 Å². The van der Waals surface area contributed by atoms with E-state index in [4.69, 9.17) is 0 Å². The van der Waals surface area contributed by atoms with Gasteiger partial charge in [0.1, 0.15) is 0 Å². The van der Waals surface area contributed by atoms with Gasteiger partial charge in [-0.15, -0.1) is 0 Å². The van der Waals surface area contributed by atoms with Gasteiger partial charge < -0.3 is 4.98 Å². The summed E-state index contributed by atoms with van der Waals surface area (Å²) in [6.07, 6.45) is 0. The van der Waals surface area contributed by atoms with Crippen molar-refractivity contribution in [3.8, 4) is 0 Å². The fourth-order valence-corrected chi connectivity index (χ4v) is 4.04. The average Bonchev–Trinajstić information content (AvgIpc) is 2.93. The minimum atomic E-state index is -3.49. The molecule has 22 heavy (non-hydrogen) atoms. The molecule has 0 unspecified atom stereocenters. The van der Waals surface area contributed by atoms with Crippen molar-refractivity contribution in [2.24, 2.45) is 0 Å². The van der Waals surface area contributed by atoms with Crippen LogP contribution in [0.3, 0.4) is 0 Å². The van der Waals surface area contributed by atoms with E-state index < -0.39 is 9.84 Å². The third-order valence-corrected chi connectivity index (χ3v) is 5.61. The third-order valence-electron chi connectivity index (χ3n) is 3.84. The Morgan fingerprint density at radius 2 is 1.32 bits per heavy atom. The number of aromatic amines is 1. The Kier molecular flexibility index (Phi) is 2.81. The van der Waals surface area contributed by atoms with Crippen molar-refractivity contribution < 1.29 is 8.42 Å². The summed E-state index contributed by atoms with van der Waals surface area (Å²) in [6, 6.07) is 21.6. The molecular formula is C18H13NO2S. The molecule has 0 aliphatic heterocycles. The first-order chi connectivity index (χ1) is 10.7. The Morgan fingerprint density at radius 3 is 2.14 bits per heavy atom. The van der Waals surface area contributed by atoms with E-state index in [2.05, 4.69) is 4.98 Å². The van der Waals surface area contributed by atoms with Crippen molar-refractivity contribution in [1.82, 2.24) is 4.98 Å². The minimum absolute atomic E-state index is 0.314. The summed E-state index contributed by atoms with van der Waals surface area (Å²) in [7, 11) is -3.49. The van der Waals surface area contributed by atoms with Crippen LogP contribution in [-0.4, -0.2) is 13.4 Å². The molecule has 4 rings (SSSR count). The van der Waals surface area contributed by atoms with Crippen molar-refractivity contribution >= 4 is 31.6 Å². The van der Waals surface area contributed by atoms with Gasteiger partial charge in [-0.1, -0.05) is 36.4 Å². The van der Waals surface area contributed by atoms with Crippen molar-refractivity contribution in [1.29, 1.82) is 0 Å². The molecule has 1 heterocycles. The molecule has 0 amide bonds. The highest BCUT2D eigenvalue weighted by Crippen LogP contribution is 2.29. The maximum atomic E-state index is 12.7. The number of hydrogen-bond donors (Lipinski definition) is 1. The standard InChI is InChI=1S/C18H13NO2S/c20-22(21,13-6-2-1-3-7-13)14-10-11-18-16(12-14)15-8-4-5-9-17(15)19-18/h1-12,19H. The van der Waals surface area contributed by atoms with Crippen LogP contribution in [-0.2, 0) is 9.84 Å². The Labute approximate surface area is 128 Å². The van der Waals surface area contributed by atoms with Crippen molar-refractivity contribution in [3.05, 3.63) is 72.8 Å². The van der Waals surface area contributed by atoms with Crippen LogP contribution < -0.4 is 0 Å². The predicted molar refractivity (Wildman–Crippen MR) is 87.7 cm³/mol. The van der Waals surface area contributed by atoms with Gasteiger partial charge in [0.2, 0.25) is 9.84 Å². The van der Waals surface area contributed by atoms with Gasteiger partial charge in [-0.25, -0.2) is 8.42 Å². The van der Waals surface area contributed by atoms with Crippen LogP contribution in [0.5, 0.6) is 0 Å². The molecule has 0 bridgehead atoms. The zero-order valence-electron chi connectivity index (χ0n) is 11.7. The summed E-state index contributed by atoms with van der Waals surface area (Å²) in [5, 5.41) is 1.95. The number of hydrogen-bond acceptors (Lipinski definition) is 2. The number of aromatic nitrogens is 1. The Balaban J connectivity index is 1.98. The highest BCUT2D eigenvalue weighted by Gasteiger charge is 2.18.